The van der Waals surface area contributed by atoms with Crippen LogP contribution in [0.2, 0.25) is 5.02 Å². The lowest BCUT2D eigenvalue weighted by Gasteiger charge is -2.16. The smallest absolute Gasteiger partial charge is 0.319 e. The third-order valence-electron chi connectivity index (χ3n) is 5.25. The number of likely N-dealkylation sites (tertiary alicyclic amines) is 1. The average molecular weight is 429 g/mol. The third-order valence-corrected chi connectivity index (χ3v) is 5.58. The predicted molar refractivity (Wildman–Crippen MR) is 115 cm³/mol. The van der Waals surface area contributed by atoms with Gasteiger partial charge in [-0.2, -0.15) is 0 Å². The molecule has 2 N–H and O–H groups in total. The molecule has 0 atom stereocenters. The Bertz CT molecular complexity index is 1090. The van der Waals surface area contributed by atoms with Crippen molar-refractivity contribution in [2.45, 2.75) is 25.9 Å². The van der Waals surface area contributed by atoms with Crippen LogP contribution in [0.1, 0.15) is 18.4 Å². The van der Waals surface area contributed by atoms with E-state index in [-0.39, 0.29) is 24.8 Å². The summed E-state index contributed by atoms with van der Waals surface area (Å²) in [4.78, 5) is 26.7. The number of benzene rings is 2. The first-order valence-corrected chi connectivity index (χ1v) is 10.2. The normalized spacial score (nSPS) is 13.6. The molecule has 156 valence electrons. The Labute approximate surface area is 178 Å². The number of carbonyl (C=O) groups is 2. The van der Waals surface area contributed by atoms with E-state index in [1.54, 1.807) is 36.5 Å². The molecule has 6 nitrogen and oxygen atoms in total. The summed E-state index contributed by atoms with van der Waals surface area (Å²) in [6.45, 7) is 1.93. The Kier molecular flexibility index (Phi) is 5.90. The van der Waals surface area contributed by atoms with Crippen LogP contribution in [0.5, 0.6) is 0 Å². The number of amides is 3. The van der Waals surface area contributed by atoms with E-state index in [2.05, 4.69) is 10.6 Å². The minimum absolute atomic E-state index is 0.0460. The Balaban J connectivity index is 1.50. The Hall–Kier alpha value is -3.06. The molecule has 0 unspecified atom stereocenters. The molecule has 0 aliphatic carbocycles. The van der Waals surface area contributed by atoms with E-state index in [1.165, 1.54) is 12.1 Å². The molecule has 2 aromatic carbocycles. The van der Waals surface area contributed by atoms with Crippen molar-refractivity contribution in [3.8, 4) is 0 Å². The number of para-hydroxylation sites is 1. The number of carbonyl (C=O) groups excluding carboxylic acids is 2. The molecule has 3 amide bonds. The molecule has 1 aromatic heterocycles. The van der Waals surface area contributed by atoms with Gasteiger partial charge in [-0.3, -0.25) is 4.79 Å². The Morgan fingerprint density at radius 2 is 1.87 bits per heavy atom. The quantitative estimate of drug-likeness (QED) is 0.633. The van der Waals surface area contributed by atoms with Gasteiger partial charge in [-0.15, -0.1) is 0 Å². The summed E-state index contributed by atoms with van der Waals surface area (Å²) in [5.41, 5.74) is 1.99. The zero-order valence-corrected chi connectivity index (χ0v) is 17.1. The second-order valence-corrected chi connectivity index (χ2v) is 7.73. The SMILES string of the molecule is O=C(NCc1cn(CC(=O)N2CCCC2)c2ccc(F)cc12)Nc1ccccc1Cl. The van der Waals surface area contributed by atoms with Crippen LogP contribution in [-0.2, 0) is 17.9 Å². The Morgan fingerprint density at radius 1 is 1.10 bits per heavy atom. The fourth-order valence-electron chi connectivity index (χ4n) is 3.73. The standard InChI is InChI=1S/C22H22ClFN4O2/c23-18-5-1-2-6-19(18)26-22(30)25-12-15-13-28(14-21(29)27-9-3-4-10-27)20-8-7-16(24)11-17(15)20/h1-2,5-8,11,13H,3-4,9-10,12,14H2,(H2,25,26,30). The lowest BCUT2D eigenvalue weighted by Crippen LogP contribution is -2.30. The number of fused-ring (bicyclic) bond motifs is 1. The Morgan fingerprint density at radius 3 is 2.63 bits per heavy atom. The minimum Gasteiger partial charge on any atom is -0.341 e. The molecule has 1 saturated heterocycles. The number of nitrogens with one attached hydrogen (secondary N) is 2. The fourth-order valence-corrected chi connectivity index (χ4v) is 3.91. The van der Waals surface area contributed by atoms with Gasteiger partial charge >= 0.3 is 6.03 Å². The topological polar surface area (TPSA) is 66.4 Å². The molecule has 2 heterocycles. The number of urea groups is 1. The van der Waals surface area contributed by atoms with Crippen LogP contribution in [0.25, 0.3) is 10.9 Å². The molecule has 8 heteroatoms. The van der Waals surface area contributed by atoms with E-state index >= 15 is 0 Å². The first kappa shape index (κ1) is 20.2. The van der Waals surface area contributed by atoms with Crippen molar-refractivity contribution >= 4 is 40.1 Å². The fraction of sp³-hybridized carbons (Fsp3) is 0.273. The summed E-state index contributed by atoms with van der Waals surface area (Å²) in [5, 5.41) is 6.57. The van der Waals surface area contributed by atoms with Crippen LogP contribution >= 0.6 is 11.6 Å². The summed E-state index contributed by atoms with van der Waals surface area (Å²) in [5.74, 6) is -0.322. The van der Waals surface area contributed by atoms with Gasteiger partial charge < -0.3 is 20.1 Å². The van der Waals surface area contributed by atoms with Crippen molar-refractivity contribution in [2.75, 3.05) is 18.4 Å². The summed E-state index contributed by atoms with van der Waals surface area (Å²) in [7, 11) is 0. The first-order valence-electron chi connectivity index (χ1n) is 9.86. The van der Waals surface area contributed by atoms with E-state index < -0.39 is 6.03 Å². The summed E-state index contributed by atoms with van der Waals surface area (Å²) in [6.07, 6.45) is 3.85. The van der Waals surface area contributed by atoms with Gasteiger partial charge in [0.15, 0.2) is 0 Å². The van der Waals surface area contributed by atoms with Gasteiger partial charge in [-0.05, 0) is 48.7 Å². The van der Waals surface area contributed by atoms with Crippen molar-refractivity contribution in [3.63, 3.8) is 0 Å². The maximum Gasteiger partial charge on any atom is 0.319 e. The molecule has 0 spiro atoms. The third kappa shape index (κ3) is 4.41. The van der Waals surface area contributed by atoms with Gasteiger partial charge in [-0.1, -0.05) is 23.7 Å². The molecule has 0 radical (unpaired) electrons. The monoisotopic (exact) mass is 428 g/mol. The highest BCUT2D eigenvalue weighted by atomic mass is 35.5. The largest absolute Gasteiger partial charge is 0.341 e. The van der Waals surface area contributed by atoms with E-state index in [9.17, 15) is 14.0 Å². The molecular formula is C22H22ClFN4O2. The molecule has 0 bridgehead atoms. The van der Waals surface area contributed by atoms with Crippen molar-refractivity contribution in [1.29, 1.82) is 0 Å². The van der Waals surface area contributed by atoms with E-state index in [1.807, 2.05) is 9.47 Å². The number of anilines is 1. The first-order chi connectivity index (χ1) is 14.5. The second kappa shape index (κ2) is 8.75. The molecule has 1 aliphatic heterocycles. The lowest BCUT2D eigenvalue weighted by atomic mass is 10.1. The second-order valence-electron chi connectivity index (χ2n) is 7.32. The molecule has 30 heavy (non-hydrogen) atoms. The number of nitrogens with zero attached hydrogens (tertiary/aromatic N) is 2. The van der Waals surface area contributed by atoms with Gasteiger partial charge in [-0.25, -0.2) is 9.18 Å². The number of hydrogen-bond donors (Lipinski definition) is 2. The van der Waals surface area contributed by atoms with Crippen LogP contribution in [0.4, 0.5) is 14.9 Å². The van der Waals surface area contributed by atoms with Crippen molar-refractivity contribution in [1.82, 2.24) is 14.8 Å². The van der Waals surface area contributed by atoms with Gasteiger partial charge in [0.05, 0.1) is 10.7 Å². The minimum atomic E-state index is -0.423. The van der Waals surface area contributed by atoms with Crippen molar-refractivity contribution in [3.05, 3.63) is 65.1 Å². The van der Waals surface area contributed by atoms with Gasteiger partial charge in [0, 0.05) is 36.7 Å². The van der Waals surface area contributed by atoms with E-state index in [0.29, 0.717) is 16.1 Å². The molecule has 0 saturated carbocycles. The maximum absolute atomic E-state index is 13.9. The summed E-state index contributed by atoms with van der Waals surface area (Å²) >= 11 is 6.06. The van der Waals surface area contributed by atoms with Gasteiger partial charge in [0.2, 0.25) is 5.91 Å². The van der Waals surface area contributed by atoms with Gasteiger partial charge in [0.1, 0.15) is 12.4 Å². The zero-order chi connectivity index (χ0) is 21.1. The highest BCUT2D eigenvalue weighted by Gasteiger charge is 2.20. The average Bonchev–Trinajstić information content (AvgIpc) is 3.37. The van der Waals surface area contributed by atoms with Crippen LogP contribution in [0.3, 0.4) is 0 Å². The number of rotatable bonds is 5. The highest BCUT2D eigenvalue weighted by molar-refractivity contribution is 6.33. The number of hydrogen-bond acceptors (Lipinski definition) is 2. The van der Waals surface area contributed by atoms with Crippen LogP contribution in [0, 0.1) is 5.82 Å². The zero-order valence-electron chi connectivity index (χ0n) is 16.3. The lowest BCUT2D eigenvalue weighted by molar-refractivity contribution is -0.130. The van der Waals surface area contributed by atoms with Crippen LogP contribution in [-0.4, -0.2) is 34.5 Å². The summed E-state index contributed by atoms with van der Waals surface area (Å²) in [6, 6.07) is 11.0. The van der Waals surface area contributed by atoms with Gasteiger partial charge in [0.25, 0.3) is 0 Å². The molecule has 1 aliphatic rings. The molecule has 4 rings (SSSR count). The highest BCUT2D eigenvalue weighted by Crippen LogP contribution is 2.24. The molecule has 3 aromatic rings. The van der Waals surface area contributed by atoms with E-state index in [4.69, 9.17) is 11.6 Å². The van der Waals surface area contributed by atoms with E-state index in [0.717, 1.165) is 37.0 Å². The summed E-state index contributed by atoms with van der Waals surface area (Å²) < 4.78 is 15.7. The number of halogens is 2. The van der Waals surface area contributed by atoms with Crippen molar-refractivity contribution in [2.24, 2.45) is 0 Å². The predicted octanol–water partition coefficient (Wildman–Crippen LogP) is 4.38. The maximum atomic E-state index is 13.9. The van der Waals surface area contributed by atoms with Crippen LogP contribution in [0.15, 0.2) is 48.7 Å². The molecular weight excluding hydrogens is 407 g/mol. The van der Waals surface area contributed by atoms with Crippen LogP contribution < -0.4 is 10.6 Å². The number of aromatic nitrogens is 1. The van der Waals surface area contributed by atoms with Crippen molar-refractivity contribution < 1.29 is 14.0 Å². The molecule has 1 fully saturated rings.